The van der Waals surface area contributed by atoms with Crippen LogP contribution in [0, 0.1) is 11.3 Å². The van der Waals surface area contributed by atoms with Crippen LogP contribution in [-0.2, 0) is 0 Å². The molecule has 2 rings (SSSR count). The van der Waals surface area contributed by atoms with Gasteiger partial charge >= 0.3 is 0 Å². The van der Waals surface area contributed by atoms with E-state index in [0.717, 1.165) is 6.42 Å². The quantitative estimate of drug-likeness (QED) is 0.523. The molecule has 1 aliphatic rings. The second kappa shape index (κ2) is 4.29. The summed E-state index contributed by atoms with van der Waals surface area (Å²) < 4.78 is 0. The van der Waals surface area contributed by atoms with E-state index in [1.165, 1.54) is 12.4 Å². The third-order valence-corrected chi connectivity index (χ3v) is 3.26. The number of nitrogens with two attached hydrogens (primary N) is 1. The molecule has 1 fully saturated rings. The molecule has 1 aromatic heterocycles. The van der Waals surface area contributed by atoms with Crippen LogP contribution >= 0.6 is 0 Å². The molecule has 0 saturated heterocycles. The normalized spacial score (nSPS) is 20.8. The highest BCUT2D eigenvalue weighted by atomic mass is 16.1. The van der Waals surface area contributed by atoms with Crippen molar-refractivity contribution in [2.75, 3.05) is 12.0 Å². The van der Waals surface area contributed by atoms with Crippen molar-refractivity contribution >= 4 is 11.7 Å². The largest absolute Gasteiger partial charge is 0.350 e. The maximum Gasteiger partial charge on any atom is 0.271 e. The van der Waals surface area contributed by atoms with Crippen LogP contribution in [0.25, 0.3) is 0 Å². The first-order valence-electron chi connectivity index (χ1n) is 5.60. The van der Waals surface area contributed by atoms with E-state index in [1.54, 1.807) is 0 Å². The fourth-order valence-corrected chi connectivity index (χ4v) is 1.75. The zero-order valence-electron chi connectivity index (χ0n) is 10.0. The summed E-state index contributed by atoms with van der Waals surface area (Å²) in [7, 11) is 0. The summed E-state index contributed by atoms with van der Waals surface area (Å²) in [6.07, 6.45) is 3.99. The van der Waals surface area contributed by atoms with Crippen LogP contribution in [0.4, 0.5) is 5.82 Å². The lowest BCUT2D eigenvalue weighted by atomic mass is 10.1. The molecule has 0 spiro atoms. The van der Waals surface area contributed by atoms with Crippen molar-refractivity contribution in [2.24, 2.45) is 17.2 Å². The minimum Gasteiger partial charge on any atom is -0.350 e. The van der Waals surface area contributed by atoms with Crippen LogP contribution in [0.15, 0.2) is 12.4 Å². The Hall–Kier alpha value is -1.69. The van der Waals surface area contributed by atoms with Gasteiger partial charge in [0, 0.05) is 6.54 Å². The SMILES string of the molecule is CC1(C)CC1CNC(=O)c1cnc(NN)cn1. The van der Waals surface area contributed by atoms with E-state index in [2.05, 4.69) is 34.6 Å². The molecule has 1 heterocycles. The number of hydrogen-bond acceptors (Lipinski definition) is 5. The van der Waals surface area contributed by atoms with Gasteiger partial charge in [0.15, 0.2) is 5.82 Å². The third kappa shape index (κ3) is 2.71. The molecule has 6 heteroatoms. The van der Waals surface area contributed by atoms with Crippen molar-refractivity contribution in [1.29, 1.82) is 0 Å². The Balaban J connectivity index is 1.87. The predicted molar refractivity (Wildman–Crippen MR) is 64.1 cm³/mol. The molecule has 0 aromatic carbocycles. The number of anilines is 1. The summed E-state index contributed by atoms with van der Waals surface area (Å²) in [6, 6.07) is 0. The van der Waals surface area contributed by atoms with E-state index < -0.39 is 0 Å². The summed E-state index contributed by atoms with van der Waals surface area (Å²) in [6.45, 7) is 5.10. The van der Waals surface area contributed by atoms with Gasteiger partial charge in [-0.2, -0.15) is 0 Å². The van der Waals surface area contributed by atoms with E-state index >= 15 is 0 Å². The van der Waals surface area contributed by atoms with E-state index in [0.29, 0.717) is 29.4 Å². The Bertz CT molecular complexity index is 414. The zero-order chi connectivity index (χ0) is 12.5. The number of aromatic nitrogens is 2. The second-order valence-corrected chi connectivity index (χ2v) is 5.03. The van der Waals surface area contributed by atoms with E-state index in [9.17, 15) is 4.79 Å². The summed E-state index contributed by atoms with van der Waals surface area (Å²) in [5.41, 5.74) is 3.03. The first kappa shape index (κ1) is 11.8. The number of amides is 1. The maximum atomic E-state index is 11.7. The fourth-order valence-electron chi connectivity index (χ4n) is 1.75. The smallest absolute Gasteiger partial charge is 0.271 e. The van der Waals surface area contributed by atoms with Crippen molar-refractivity contribution < 1.29 is 4.79 Å². The van der Waals surface area contributed by atoms with Gasteiger partial charge in [-0.15, -0.1) is 0 Å². The number of hydrazine groups is 1. The Kier molecular flexibility index (Phi) is 2.97. The summed E-state index contributed by atoms with van der Waals surface area (Å²) in [5, 5.41) is 2.86. The average molecular weight is 235 g/mol. The van der Waals surface area contributed by atoms with Gasteiger partial charge in [-0.1, -0.05) is 13.8 Å². The molecule has 0 radical (unpaired) electrons. The van der Waals surface area contributed by atoms with Gasteiger partial charge in [-0.25, -0.2) is 15.8 Å². The second-order valence-electron chi connectivity index (χ2n) is 5.03. The van der Waals surface area contributed by atoms with Gasteiger partial charge in [0.25, 0.3) is 5.91 Å². The molecule has 0 aliphatic heterocycles. The topological polar surface area (TPSA) is 92.9 Å². The molecule has 17 heavy (non-hydrogen) atoms. The minimum absolute atomic E-state index is 0.191. The summed E-state index contributed by atoms with van der Waals surface area (Å²) in [5.74, 6) is 5.98. The number of hydrogen-bond donors (Lipinski definition) is 3. The van der Waals surface area contributed by atoms with Gasteiger partial charge in [0.1, 0.15) is 5.69 Å². The highest BCUT2D eigenvalue weighted by Gasteiger charge is 2.45. The number of nitrogens with zero attached hydrogens (tertiary/aromatic N) is 2. The van der Waals surface area contributed by atoms with Crippen molar-refractivity contribution in [3.63, 3.8) is 0 Å². The fraction of sp³-hybridized carbons (Fsp3) is 0.545. The van der Waals surface area contributed by atoms with Gasteiger partial charge in [-0.05, 0) is 17.8 Å². The number of nitrogen functional groups attached to an aromatic ring is 1. The number of rotatable bonds is 4. The summed E-state index contributed by atoms with van der Waals surface area (Å²) >= 11 is 0. The molecule has 1 unspecified atom stereocenters. The minimum atomic E-state index is -0.191. The summed E-state index contributed by atoms with van der Waals surface area (Å²) in [4.78, 5) is 19.6. The Morgan fingerprint density at radius 1 is 1.53 bits per heavy atom. The molecule has 1 aromatic rings. The van der Waals surface area contributed by atoms with Gasteiger partial charge < -0.3 is 10.7 Å². The Labute approximate surface area is 100.0 Å². The highest BCUT2D eigenvalue weighted by molar-refractivity contribution is 5.92. The van der Waals surface area contributed by atoms with Crippen LogP contribution in [0.5, 0.6) is 0 Å². The zero-order valence-corrected chi connectivity index (χ0v) is 10.0. The molecule has 1 saturated carbocycles. The molecular formula is C11H17N5O. The van der Waals surface area contributed by atoms with Crippen LogP contribution in [-0.4, -0.2) is 22.4 Å². The lowest BCUT2D eigenvalue weighted by Gasteiger charge is -2.06. The van der Waals surface area contributed by atoms with Gasteiger partial charge in [0.2, 0.25) is 0 Å². The van der Waals surface area contributed by atoms with Crippen molar-refractivity contribution in [3.05, 3.63) is 18.1 Å². The van der Waals surface area contributed by atoms with Crippen LogP contribution < -0.4 is 16.6 Å². The molecular weight excluding hydrogens is 218 g/mol. The highest BCUT2D eigenvalue weighted by Crippen LogP contribution is 2.50. The molecule has 4 N–H and O–H groups in total. The number of nitrogens with one attached hydrogen (secondary N) is 2. The number of carbonyl (C=O) groups excluding carboxylic acids is 1. The molecule has 0 bridgehead atoms. The molecule has 1 aliphatic carbocycles. The van der Waals surface area contributed by atoms with E-state index in [-0.39, 0.29) is 5.91 Å². The third-order valence-electron chi connectivity index (χ3n) is 3.26. The lowest BCUT2D eigenvalue weighted by Crippen LogP contribution is -2.27. The molecule has 1 atom stereocenters. The van der Waals surface area contributed by atoms with Gasteiger partial charge in [0.05, 0.1) is 12.4 Å². The Morgan fingerprint density at radius 2 is 2.24 bits per heavy atom. The van der Waals surface area contributed by atoms with Gasteiger partial charge in [-0.3, -0.25) is 4.79 Å². The average Bonchev–Trinajstić information content (AvgIpc) is 2.94. The van der Waals surface area contributed by atoms with Crippen molar-refractivity contribution in [1.82, 2.24) is 15.3 Å². The van der Waals surface area contributed by atoms with Crippen molar-refractivity contribution in [2.45, 2.75) is 20.3 Å². The Morgan fingerprint density at radius 3 is 2.71 bits per heavy atom. The van der Waals surface area contributed by atoms with Crippen LogP contribution in [0.1, 0.15) is 30.8 Å². The van der Waals surface area contributed by atoms with Crippen LogP contribution in [0.2, 0.25) is 0 Å². The number of carbonyl (C=O) groups is 1. The first-order valence-corrected chi connectivity index (χ1v) is 5.60. The van der Waals surface area contributed by atoms with E-state index in [1.807, 2.05) is 0 Å². The molecule has 6 nitrogen and oxygen atoms in total. The molecule has 92 valence electrons. The predicted octanol–water partition coefficient (Wildman–Crippen LogP) is 0.538. The van der Waals surface area contributed by atoms with E-state index in [4.69, 9.17) is 5.84 Å². The maximum absolute atomic E-state index is 11.7. The van der Waals surface area contributed by atoms with Crippen LogP contribution in [0.3, 0.4) is 0 Å². The van der Waals surface area contributed by atoms with Crippen molar-refractivity contribution in [3.8, 4) is 0 Å². The standard InChI is InChI=1S/C11H17N5O/c1-11(2)3-7(11)4-15-10(17)8-5-14-9(16-12)6-13-8/h5-7H,3-4,12H2,1-2H3,(H,14,16)(H,15,17). The first-order chi connectivity index (χ1) is 8.03. The monoisotopic (exact) mass is 235 g/mol. The lowest BCUT2D eigenvalue weighted by molar-refractivity contribution is 0.0945. The molecule has 1 amide bonds.